The third-order valence-electron chi connectivity index (χ3n) is 3.73. The first kappa shape index (κ1) is 16.8. The zero-order valence-electron chi connectivity index (χ0n) is 12.9. The van der Waals surface area contributed by atoms with Gasteiger partial charge in [0.1, 0.15) is 9.90 Å². The number of aromatic amines is 1. The van der Waals surface area contributed by atoms with Gasteiger partial charge in [-0.3, -0.25) is 9.59 Å². The van der Waals surface area contributed by atoms with Gasteiger partial charge in [-0.05, 0) is 25.1 Å². The Hall–Kier alpha value is -2.04. The largest absolute Gasteiger partial charge is 0.335 e. The van der Waals surface area contributed by atoms with Gasteiger partial charge in [0.25, 0.3) is 21.5 Å². The molecule has 0 atom stereocenters. The van der Waals surface area contributed by atoms with Crippen molar-refractivity contribution in [3.05, 3.63) is 45.2 Å². The molecule has 10 heteroatoms. The van der Waals surface area contributed by atoms with Gasteiger partial charge >= 0.3 is 0 Å². The molecule has 24 heavy (non-hydrogen) atoms. The number of aryl methyl sites for hydroxylation is 1. The van der Waals surface area contributed by atoms with Crippen LogP contribution in [0.1, 0.15) is 15.4 Å². The number of amides is 1. The smallest absolute Gasteiger partial charge is 0.274 e. The molecule has 0 spiro atoms. The Morgan fingerprint density at radius 2 is 1.88 bits per heavy atom. The first-order valence-electron chi connectivity index (χ1n) is 7.29. The number of hydrogen-bond acceptors (Lipinski definition) is 6. The Morgan fingerprint density at radius 1 is 1.17 bits per heavy atom. The predicted octanol–water partition coefficient (Wildman–Crippen LogP) is 0.287. The molecule has 0 aliphatic carbocycles. The first-order chi connectivity index (χ1) is 11.4. The Bertz CT molecular complexity index is 890. The van der Waals surface area contributed by atoms with E-state index in [1.165, 1.54) is 32.7 Å². The van der Waals surface area contributed by atoms with Crippen LogP contribution in [0.15, 0.2) is 33.3 Å². The fourth-order valence-corrected chi connectivity index (χ4v) is 5.29. The summed E-state index contributed by atoms with van der Waals surface area (Å²) in [5.74, 6) is -0.324. The number of aromatic nitrogens is 2. The van der Waals surface area contributed by atoms with Gasteiger partial charge in [0, 0.05) is 37.1 Å². The van der Waals surface area contributed by atoms with Crippen molar-refractivity contribution in [2.24, 2.45) is 0 Å². The normalized spacial score (nSPS) is 16.3. The van der Waals surface area contributed by atoms with Crippen LogP contribution in [0.4, 0.5) is 0 Å². The van der Waals surface area contributed by atoms with Crippen molar-refractivity contribution in [1.82, 2.24) is 19.4 Å². The number of hydrogen-bond donors (Lipinski definition) is 1. The molecular formula is C14H16N4O4S2. The molecule has 128 valence electrons. The highest BCUT2D eigenvalue weighted by Crippen LogP contribution is 2.25. The topological polar surface area (TPSA) is 103 Å². The van der Waals surface area contributed by atoms with Crippen molar-refractivity contribution >= 4 is 27.3 Å². The second kappa shape index (κ2) is 6.46. The third-order valence-corrected chi connectivity index (χ3v) is 7.10. The lowest BCUT2D eigenvalue weighted by atomic mass is 10.3. The van der Waals surface area contributed by atoms with Crippen LogP contribution in [-0.4, -0.2) is 59.9 Å². The Labute approximate surface area is 142 Å². The van der Waals surface area contributed by atoms with E-state index >= 15 is 0 Å². The number of thiophene rings is 1. The van der Waals surface area contributed by atoms with Crippen LogP contribution in [0.5, 0.6) is 0 Å². The summed E-state index contributed by atoms with van der Waals surface area (Å²) < 4.78 is 26.8. The van der Waals surface area contributed by atoms with Crippen LogP contribution in [0.3, 0.4) is 0 Å². The summed E-state index contributed by atoms with van der Waals surface area (Å²) in [7, 11) is -3.51. The van der Waals surface area contributed by atoms with Crippen molar-refractivity contribution in [2.75, 3.05) is 26.2 Å². The zero-order chi connectivity index (χ0) is 17.3. The van der Waals surface area contributed by atoms with Gasteiger partial charge in [-0.15, -0.1) is 11.3 Å². The molecule has 0 bridgehead atoms. The monoisotopic (exact) mass is 368 g/mol. The second-order valence-corrected chi connectivity index (χ2v) is 8.82. The molecule has 1 aliphatic heterocycles. The van der Waals surface area contributed by atoms with E-state index in [2.05, 4.69) is 10.2 Å². The summed E-state index contributed by atoms with van der Waals surface area (Å²) in [4.78, 5) is 25.8. The quantitative estimate of drug-likeness (QED) is 0.838. The number of carbonyl (C=O) groups is 1. The molecule has 3 heterocycles. The Balaban J connectivity index is 1.68. The lowest BCUT2D eigenvalue weighted by Crippen LogP contribution is -2.50. The number of H-pyrrole nitrogens is 1. The van der Waals surface area contributed by atoms with Gasteiger partial charge in [0.2, 0.25) is 0 Å². The number of nitrogens with one attached hydrogen (secondary N) is 1. The molecule has 1 amide bonds. The van der Waals surface area contributed by atoms with Crippen LogP contribution in [0.25, 0.3) is 0 Å². The molecule has 1 aliphatic rings. The summed E-state index contributed by atoms with van der Waals surface area (Å²) in [6.45, 7) is 2.88. The maximum Gasteiger partial charge on any atom is 0.274 e. The van der Waals surface area contributed by atoms with E-state index in [1.54, 1.807) is 12.1 Å². The lowest BCUT2D eigenvalue weighted by molar-refractivity contribution is 0.0690. The Morgan fingerprint density at radius 3 is 2.42 bits per heavy atom. The second-order valence-electron chi connectivity index (χ2n) is 5.37. The van der Waals surface area contributed by atoms with Crippen molar-refractivity contribution < 1.29 is 13.2 Å². The van der Waals surface area contributed by atoms with Crippen LogP contribution < -0.4 is 5.56 Å². The zero-order valence-corrected chi connectivity index (χ0v) is 14.6. The van der Waals surface area contributed by atoms with E-state index in [0.717, 1.165) is 4.88 Å². The van der Waals surface area contributed by atoms with Gasteiger partial charge in [0.15, 0.2) is 0 Å². The molecule has 1 fully saturated rings. The molecule has 2 aromatic heterocycles. The van der Waals surface area contributed by atoms with E-state index < -0.39 is 10.0 Å². The summed E-state index contributed by atoms with van der Waals surface area (Å²) in [5, 5.41) is 5.93. The summed E-state index contributed by atoms with van der Waals surface area (Å²) in [6, 6.07) is 5.98. The van der Waals surface area contributed by atoms with Crippen LogP contribution >= 0.6 is 11.3 Å². The lowest BCUT2D eigenvalue weighted by Gasteiger charge is -2.33. The molecule has 1 saturated heterocycles. The highest BCUT2D eigenvalue weighted by Gasteiger charge is 2.31. The highest BCUT2D eigenvalue weighted by molar-refractivity contribution is 7.91. The van der Waals surface area contributed by atoms with E-state index in [0.29, 0.717) is 4.21 Å². The summed E-state index contributed by atoms with van der Waals surface area (Å²) in [6.07, 6.45) is 0. The molecule has 2 aromatic rings. The maximum atomic E-state index is 12.6. The van der Waals surface area contributed by atoms with Crippen LogP contribution in [0.2, 0.25) is 0 Å². The maximum absolute atomic E-state index is 12.6. The minimum atomic E-state index is -3.51. The van der Waals surface area contributed by atoms with Crippen molar-refractivity contribution in [3.8, 4) is 0 Å². The van der Waals surface area contributed by atoms with Gasteiger partial charge in [-0.2, -0.15) is 9.40 Å². The average Bonchev–Trinajstić information content (AvgIpc) is 3.02. The average molecular weight is 368 g/mol. The number of piperazine rings is 1. The van der Waals surface area contributed by atoms with E-state index in [4.69, 9.17) is 0 Å². The molecule has 0 unspecified atom stereocenters. The SMILES string of the molecule is Cc1ccc(S(=O)(=O)N2CCN(C(=O)c3ccc(=O)[nH]n3)CC2)s1. The minimum Gasteiger partial charge on any atom is -0.335 e. The molecule has 0 aromatic carbocycles. The first-order valence-corrected chi connectivity index (χ1v) is 9.55. The summed E-state index contributed by atoms with van der Waals surface area (Å²) in [5.41, 5.74) is -0.242. The fourth-order valence-electron chi connectivity index (χ4n) is 2.44. The minimum absolute atomic E-state index is 0.139. The molecule has 0 radical (unpaired) electrons. The number of carbonyl (C=O) groups excluding carboxylic acids is 1. The highest BCUT2D eigenvalue weighted by atomic mass is 32.2. The van der Waals surface area contributed by atoms with Crippen molar-refractivity contribution in [2.45, 2.75) is 11.1 Å². The molecule has 1 N–H and O–H groups in total. The predicted molar refractivity (Wildman–Crippen MR) is 88.6 cm³/mol. The van der Waals surface area contributed by atoms with Gasteiger partial charge in [0.05, 0.1) is 0 Å². The van der Waals surface area contributed by atoms with Gasteiger partial charge < -0.3 is 4.90 Å². The molecular weight excluding hydrogens is 352 g/mol. The van der Waals surface area contributed by atoms with Crippen molar-refractivity contribution in [3.63, 3.8) is 0 Å². The van der Waals surface area contributed by atoms with Crippen molar-refractivity contribution in [1.29, 1.82) is 0 Å². The van der Waals surface area contributed by atoms with E-state index in [1.807, 2.05) is 6.92 Å². The van der Waals surface area contributed by atoms with Crippen LogP contribution in [0, 0.1) is 6.92 Å². The van der Waals surface area contributed by atoms with Gasteiger partial charge in [-0.25, -0.2) is 13.5 Å². The molecule has 8 nitrogen and oxygen atoms in total. The fraction of sp³-hybridized carbons (Fsp3) is 0.357. The standard InChI is InChI=1S/C14H16N4O4S2/c1-10-2-5-13(23-10)24(21,22)18-8-6-17(7-9-18)14(20)11-3-4-12(19)16-15-11/h2-5H,6-9H2,1H3,(H,16,19). The third kappa shape index (κ3) is 3.25. The number of rotatable bonds is 3. The van der Waals surface area contributed by atoms with E-state index in [-0.39, 0.29) is 43.3 Å². The van der Waals surface area contributed by atoms with Crippen LogP contribution in [-0.2, 0) is 10.0 Å². The Kier molecular flexibility index (Phi) is 4.52. The molecule has 0 saturated carbocycles. The molecule has 3 rings (SSSR count). The number of sulfonamides is 1. The van der Waals surface area contributed by atoms with Gasteiger partial charge in [-0.1, -0.05) is 0 Å². The number of nitrogens with zero attached hydrogens (tertiary/aromatic N) is 3. The van der Waals surface area contributed by atoms with E-state index in [9.17, 15) is 18.0 Å². The summed E-state index contributed by atoms with van der Waals surface area (Å²) >= 11 is 1.24.